The number of nitrogens with one attached hydrogen (secondary N) is 1. The van der Waals surface area contributed by atoms with E-state index in [-0.39, 0.29) is 6.03 Å². The number of nitrogen functional groups attached to an aromatic ring is 1. The monoisotopic (exact) mass is 355 g/mol. The highest BCUT2D eigenvalue weighted by Crippen LogP contribution is 2.18. The van der Waals surface area contributed by atoms with E-state index < -0.39 is 0 Å². The van der Waals surface area contributed by atoms with Gasteiger partial charge in [-0.05, 0) is 44.5 Å². The number of carbonyl (C=O) groups excluding carboxylic acids is 1. The van der Waals surface area contributed by atoms with Gasteiger partial charge in [-0.25, -0.2) is 14.8 Å². The van der Waals surface area contributed by atoms with Crippen LogP contribution in [0.3, 0.4) is 0 Å². The number of nitrogens with zero attached hydrogens (tertiary/aromatic N) is 5. The molecule has 0 spiro atoms. The predicted octanol–water partition coefficient (Wildman–Crippen LogP) is 1.97. The fourth-order valence-electron chi connectivity index (χ4n) is 3.20. The van der Waals surface area contributed by atoms with Crippen LogP contribution in [-0.2, 0) is 6.54 Å². The Bertz CT molecular complexity index is 724. The second-order valence-electron chi connectivity index (χ2n) is 6.55. The van der Waals surface area contributed by atoms with Crippen molar-refractivity contribution in [3.63, 3.8) is 0 Å². The van der Waals surface area contributed by atoms with Crippen molar-refractivity contribution in [1.29, 1.82) is 0 Å². The van der Waals surface area contributed by atoms with Crippen molar-refractivity contribution in [3.8, 4) is 0 Å². The van der Waals surface area contributed by atoms with Crippen molar-refractivity contribution >= 4 is 17.5 Å². The van der Waals surface area contributed by atoms with Crippen molar-refractivity contribution in [2.45, 2.75) is 31.8 Å². The van der Waals surface area contributed by atoms with E-state index in [9.17, 15) is 4.79 Å². The van der Waals surface area contributed by atoms with Crippen LogP contribution in [0.2, 0.25) is 0 Å². The molecule has 0 unspecified atom stereocenters. The Hall–Kier alpha value is -2.74. The number of rotatable bonds is 4. The van der Waals surface area contributed by atoms with Crippen molar-refractivity contribution < 1.29 is 4.79 Å². The summed E-state index contributed by atoms with van der Waals surface area (Å²) in [6.45, 7) is 2.14. The molecule has 2 amide bonds. The smallest absolute Gasteiger partial charge is 0.321 e. The molecule has 2 aromatic rings. The maximum atomic E-state index is 12.5. The number of hydrogen-bond acceptors (Lipinski definition) is 6. The van der Waals surface area contributed by atoms with Gasteiger partial charge in [0.1, 0.15) is 11.6 Å². The van der Waals surface area contributed by atoms with Gasteiger partial charge >= 0.3 is 6.03 Å². The molecule has 26 heavy (non-hydrogen) atoms. The van der Waals surface area contributed by atoms with E-state index in [2.05, 4.69) is 32.2 Å². The van der Waals surface area contributed by atoms with Crippen LogP contribution in [0.1, 0.15) is 25.1 Å². The Morgan fingerprint density at radius 2 is 2.08 bits per heavy atom. The minimum Gasteiger partial charge on any atom is -0.384 e. The number of nitrogens with two attached hydrogens (primary N) is 1. The largest absolute Gasteiger partial charge is 0.384 e. The third-order valence-corrected chi connectivity index (χ3v) is 4.66. The first-order chi connectivity index (χ1) is 12.6. The quantitative estimate of drug-likeness (QED) is 0.870. The van der Waals surface area contributed by atoms with E-state index >= 15 is 0 Å². The molecule has 1 atom stereocenters. The third kappa shape index (κ3) is 4.89. The molecule has 0 aromatic carbocycles. The fourth-order valence-corrected chi connectivity index (χ4v) is 3.20. The minimum absolute atomic E-state index is 0.0568. The predicted molar refractivity (Wildman–Crippen MR) is 100 cm³/mol. The fraction of sp³-hybridized carbons (Fsp3) is 0.444. The molecule has 8 nitrogen and oxygen atoms in total. The summed E-state index contributed by atoms with van der Waals surface area (Å²) in [5, 5.41) is 2.93. The summed E-state index contributed by atoms with van der Waals surface area (Å²) in [7, 11) is 2.07. The molecule has 1 aliphatic heterocycles. The van der Waals surface area contributed by atoms with E-state index in [0.29, 0.717) is 18.4 Å². The second-order valence-corrected chi connectivity index (χ2v) is 6.55. The van der Waals surface area contributed by atoms with E-state index in [0.717, 1.165) is 43.9 Å². The topological polar surface area (TPSA) is 100 Å². The normalized spacial score (nSPS) is 17.8. The van der Waals surface area contributed by atoms with Crippen LogP contribution in [0.4, 0.5) is 16.3 Å². The first-order valence-electron chi connectivity index (χ1n) is 8.85. The van der Waals surface area contributed by atoms with Crippen LogP contribution >= 0.6 is 0 Å². The van der Waals surface area contributed by atoms with Crippen LogP contribution in [0.5, 0.6) is 0 Å². The SMILES string of the molecule is CN(Cc1nccc(N)n1)[C@@H]1CCCN(C(=O)Nc2ccncc2)CC1. The summed E-state index contributed by atoms with van der Waals surface area (Å²) in [6, 6.07) is 5.60. The molecule has 0 bridgehead atoms. The number of pyridine rings is 1. The number of aromatic nitrogens is 3. The molecular formula is C18H25N7O. The van der Waals surface area contributed by atoms with Gasteiger partial charge in [0.2, 0.25) is 0 Å². The van der Waals surface area contributed by atoms with Gasteiger partial charge in [-0.2, -0.15) is 0 Å². The first-order valence-corrected chi connectivity index (χ1v) is 8.85. The van der Waals surface area contributed by atoms with E-state index in [1.807, 2.05) is 4.90 Å². The summed E-state index contributed by atoms with van der Waals surface area (Å²) < 4.78 is 0. The van der Waals surface area contributed by atoms with Crippen LogP contribution in [0.25, 0.3) is 0 Å². The molecule has 0 radical (unpaired) electrons. The lowest BCUT2D eigenvalue weighted by atomic mass is 10.1. The Morgan fingerprint density at radius 1 is 1.27 bits per heavy atom. The summed E-state index contributed by atoms with van der Waals surface area (Å²) in [5.74, 6) is 1.22. The number of hydrogen-bond donors (Lipinski definition) is 2. The van der Waals surface area contributed by atoms with Gasteiger partial charge in [0.05, 0.1) is 6.54 Å². The molecule has 3 rings (SSSR count). The van der Waals surface area contributed by atoms with Crippen molar-refractivity contribution in [1.82, 2.24) is 24.8 Å². The Kier molecular flexibility index (Phi) is 5.96. The molecular weight excluding hydrogens is 330 g/mol. The lowest BCUT2D eigenvalue weighted by Gasteiger charge is -2.26. The van der Waals surface area contributed by atoms with E-state index in [1.54, 1.807) is 36.8 Å². The van der Waals surface area contributed by atoms with E-state index in [1.165, 1.54) is 0 Å². The van der Waals surface area contributed by atoms with Gasteiger partial charge < -0.3 is 16.0 Å². The highest BCUT2D eigenvalue weighted by molar-refractivity contribution is 5.89. The van der Waals surface area contributed by atoms with Crippen molar-refractivity contribution in [2.75, 3.05) is 31.2 Å². The van der Waals surface area contributed by atoms with Crippen LogP contribution in [-0.4, -0.2) is 57.0 Å². The number of anilines is 2. The van der Waals surface area contributed by atoms with Crippen LogP contribution in [0.15, 0.2) is 36.8 Å². The molecule has 1 saturated heterocycles. The van der Waals surface area contributed by atoms with Crippen LogP contribution in [0, 0.1) is 0 Å². The van der Waals surface area contributed by atoms with Crippen LogP contribution < -0.4 is 11.1 Å². The Balaban J connectivity index is 1.53. The average Bonchev–Trinajstić information content (AvgIpc) is 2.89. The number of carbonyl (C=O) groups is 1. The number of urea groups is 1. The van der Waals surface area contributed by atoms with E-state index in [4.69, 9.17) is 5.73 Å². The molecule has 2 aromatic heterocycles. The molecule has 3 heterocycles. The van der Waals surface area contributed by atoms with Gasteiger partial charge in [0.15, 0.2) is 0 Å². The van der Waals surface area contributed by atoms with Gasteiger partial charge in [-0.15, -0.1) is 0 Å². The maximum Gasteiger partial charge on any atom is 0.321 e. The van der Waals surface area contributed by atoms with Crippen molar-refractivity contribution in [2.24, 2.45) is 0 Å². The molecule has 0 aliphatic carbocycles. The minimum atomic E-state index is -0.0568. The summed E-state index contributed by atoms with van der Waals surface area (Å²) in [6.07, 6.45) is 7.95. The molecule has 1 fully saturated rings. The highest BCUT2D eigenvalue weighted by Gasteiger charge is 2.23. The van der Waals surface area contributed by atoms with Gasteiger partial charge in [0, 0.05) is 43.4 Å². The molecule has 3 N–H and O–H groups in total. The lowest BCUT2D eigenvalue weighted by Crippen LogP contribution is -2.37. The van der Waals surface area contributed by atoms with Gasteiger partial charge in [-0.1, -0.05) is 0 Å². The molecule has 1 aliphatic rings. The summed E-state index contributed by atoms with van der Waals surface area (Å²) in [5.41, 5.74) is 6.49. The second kappa shape index (κ2) is 8.57. The number of likely N-dealkylation sites (tertiary alicyclic amines) is 1. The zero-order chi connectivity index (χ0) is 18.4. The standard InChI is InChI=1S/C18H25N7O/c1-24(13-17-21-10-6-16(19)23-17)15-3-2-11-25(12-7-15)18(26)22-14-4-8-20-9-5-14/h4-6,8-10,15H,2-3,7,11-13H2,1H3,(H2,19,21,23)(H,20,22,26)/t15-/m1/s1. The molecule has 138 valence electrons. The third-order valence-electron chi connectivity index (χ3n) is 4.66. The average molecular weight is 355 g/mol. The zero-order valence-electron chi connectivity index (χ0n) is 15.0. The lowest BCUT2D eigenvalue weighted by molar-refractivity contribution is 0.199. The van der Waals surface area contributed by atoms with Crippen molar-refractivity contribution in [3.05, 3.63) is 42.6 Å². The summed E-state index contributed by atoms with van der Waals surface area (Å²) in [4.78, 5) is 29.1. The summed E-state index contributed by atoms with van der Waals surface area (Å²) >= 11 is 0. The zero-order valence-corrected chi connectivity index (χ0v) is 15.0. The van der Waals surface area contributed by atoms with Gasteiger partial charge in [-0.3, -0.25) is 9.88 Å². The molecule has 8 heteroatoms. The Labute approximate surface area is 153 Å². The Morgan fingerprint density at radius 3 is 2.85 bits per heavy atom. The van der Waals surface area contributed by atoms with Gasteiger partial charge in [0.25, 0.3) is 0 Å². The first kappa shape index (κ1) is 18.1. The maximum absolute atomic E-state index is 12.5. The highest BCUT2D eigenvalue weighted by atomic mass is 16.2. The number of amides is 2. The molecule has 0 saturated carbocycles.